The molecule has 3 rings (SSSR count). The summed E-state index contributed by atoms with van der Waals surface area (Å²) in [5.74, 6) is 6.80. The predicted molar refractivity (Wildman–Crippen MR) is 60.0 cm³/mol. The lowest BCUT2D eigenvalue weighted by atomic mass is 9.78. The lowest BCUT2D eigenvalue weighted by Crippen LogP contribution is -2.16. The van der Waals surface area contributed by atoms with Crippen molar-refractivity contribution in [2.75, 3.05) is 0 Å². The SMILES string of the molecule is CC1CCC(C2C3CC(C)CC32)CC1. The largest absolute Gasteiger partial charge is 0.0625 e. The zero-order valence-corrected chi connectivity index (χ0v) is 9.71. The maximum Gasteiger partial charge on any atom is -0.0323 e. The molecule has 0 saturated heterocycles. The van der Waals surface area contributed by atoms with E-state index in [0.29, 0.717) is 0 Å². The van der Waals surface area contributed by atoms with Gasteiger partial charge in [0.1, 0.15) is 0 Å². The monoisotopic (exact) mass is 192 g/mol. The normalized spacial score (nSPS) is 57.0. The summed E-state index contributed by atoms with van der Waals surface area (Å²) in [7, 11) is 0. The third-order valence-corrected chi connectivity index (χ3v) is 5.35. The minimum absolute atomic E-state index is 1.03. The van der Waals surface area contributed by atoms with Gasteiger partial charge >= 0.3 is 0 Å². The van der Waals surface area contributed by atoms with Crippen molar-refractivity contribution in [2.24, 2.45) is 35.5 Å². The Bertz CT molecular complexity index is 200. The van der Waals surface area contributed by atoms with Crippen LogP contribution in [-0.2, 0) is 0 Å². The molecule has 2 atom stereocenters. The number of hydrogen-bond acceptors (Lipinski definition) is 0. The van der Waals surface area contributed by atoms with E-state index in [1.165, 1.54) is 30.6 Å². The first-order valence-corrected chi connectivity index (χ1v) is 6.75. The van der Waals surface area contributed by atoms with Crippen molar-refractivity contribution in [1.29, 1.82) is 0 Å². The maximum absolute atomic E-state index is 2.45. The molecule has 0 spiro atoms. The van der Waals surface area contributed by atoms with Gasteiger partial charge in [0.25, 0.3) is 0 Å². The molecule has 0 bridgehead atoms. The number of fused-ring (bicyclic) bond motifs is 1. The molecule has 0 radical (unpaired) electrons. The van der Waals surface area contributed by atoms with Gasteiger partial charge in [-0.05, 0) is 61.2 Å². The van der Waals surface area contributed by atoms with Gasteiger partial charge in [-0.2, -0.15) is 0 Å². The van der Waals surface area contributed by atoms with Gasteiger partial charge in [-0.25, -0.2) is 0 Å². The Hall–Kier alpha value is 0. The second-order valence-electron chi connectivity index (χ2n) is 6.50. The zero-order chi connectivity index (χ0) is 9.71. The van der Waals surface area contributed by atoms with Gasteiger partial charge in [0, 0.05) is 0 Å². The van der Waals surface area contributed by atoms with Crippen molar-refractivity contribution < 1.29 is 0 Å². The predicted octanol–water partition coefficient (Wildman–Crippen LogP) is 4.10. The highest BCUT2D eigenvalue weighted by molar-refractivity contribution is 5.05. The van der Waals surface area contributed by atoms with Crippen LogP contribution in [-0.4, -0.2) is 0 Å². The lowest BCUT2D eigenvalue weighted by molar-refractivity contribution is 0.237. The van der Waals surface area contributed by atoms with E-state index in [2.05, 4.69) is 13.8 Å². The fourth-order valence-electron chi connectivity index (χ4n) is 4.53. The fourth-order valence-corrected chi connectivity index (χ4v) is 4.53. The summed E-state index contributed by atoms with van der Waals surface area (Å²) >= 11 is 0. The van der Waals surface area contributed by atoms with Crippen LogP contribution in [0.2, 0.25) is 0 Å². The molecule has 3 aliphatic rings. The molecular formula is C14H24. The minimum Gasteiger partial charge on any atom is -0.0625 e. The Morgan fingerprint density at radius 1 is 0.714 bits per heavy atom. The molecule has 2 unspecified atom stereocenters. The van der Waals surface area contributed by atoms with Crippen molar-refractivity contribution in [1.82, 2.24) is 0 Å². The van der Waals surface area contributed by atoms with E-state index in [1.807, 2.05) is 0 Å². The van der Waals surface area contributed by atoms with Crippen LogP contribution in [0.25, 0.3) is 0 Å². The highest BCUT2D eigenvalue weighted by Crippen LogP contribution is 2.64. The second-order valence-corrected chi connectivity index (χ2v) is 6.50. The van der Waals surface area contributed by atoms with Crippen LogP contribution < -0.4 is 0 Å². The number of rotatable bonds is 1. The van der Waals surface area contributed by atoms with E-state index in [4.69, 9.17) is 0 Å². The molecule has 0 aliphatic heterocycles. The standard InChI is InChI=1S/C14H24/c1-9-3-5-11(6-4-9)14-12-7-10(2)8-13(12)14/h9-14H,3-8H2,1-2H3. The minimum atomic E-state index is 1.03. The summed E-state index contributed by atoms with van der Waals surface area (Å²) < 4.78 is 0. The van der Waals surface area contributed by atoms with Crippen LogP contribution in [0.4, 0.5) is 0 Å². The molecule has 0 heterocycles. The molecule has 14 heavy (non-hydrogen) atoms. The molecule has 3 fully saturated rings. The molecule has 0 aromatic carbocycles. The fraction of sp³-hybridized carbons (Fsp3) is 1.00. The van der Waals surface area contributed by atoms with E-state index in [-0.39, 0.29) is 0 Å². The van der Waals surface area contributed by atoms with Crippen molar-refractivity contribution >= 4 is 0 Å². The van der Waals surface area contributed by atoms with Crippen LogP contribution in [0.5, 0.6) is 0 Å². The summed E-state index contributed by atoms with van der Waals surface area (Å²) in [6.45, 7) is 4.89. The van der Waals surface area contributed by atoms with E-state index < -0.39 is 0 Å². The highest BCUT2D eigenvalue weighted by atomic mass is 14.6. The first-order chi connectivity index (χ1) is 6.75. The summed E-state index contributed by atoms with van der Waals surface area (Å²) in [6, 6.07) is 0. The molecule has 0 nitrogen and oxygen atoms in total. The second kappa shape index (κ2) is 3.25. The molecule has 80 valence electrons. The summed E-state index contributed by atoms with van der Waals surface area (Å²) in [6.07, 6.45) is 9.32. The van der Waals surface area contributed by atoms with Crippen molar-refractivity contribution in [3.8, 4) is 0 Å². The Balaban J connectivity index is 1.55. The van der Waals surface area contributed by atoms with Gasteiger partial charge in [-0.3, -0.25) is 0 Å². The van der Waals surface area contributed by atoms with Crippen LogP contribution in [0.1, 0.15) is 52.4 Å². The Labute approximate surface area is 88.5 Å². The van der Waals surface area contributed by atoms with E-state index in [9.17, 15) is 0 Å². The average molecular weight is 192 g/mol. The van der Waals surface area contributed by atoms with Crippen molar-refractivity contribution in [3.63, 3.8) is 0 Å². The third-order valence-electron chi connectivity index (χ3n) is 5.35. The molecular weight excluding hydrogens is 168 g/mol. The van der Waals surface area contributed by atoms with Crippen LogP contribution in [0, 0.1) is 35.5 Å². The Morgan fingerprint density at radius 3 is 1.86 bits per heavy atom. The molecule has 0 aromatic rings. The van der Waals surface area contributed by atoms with E-state index in [0.717, 1.165) is 17.8 Å². The van der Waals surface area contributed by atoms with Gasteiger partial charge < -0.3 is 0 Å². The topological polar surface area (TPSA) is 0 Å². The zero-order valence-electron chi connectivity index (χ0n) is 9.71. The third kappa shape index (κ3) is 1.42. The highest BCUT2D eigenvalue weighted by Gasteiger charge is 2.57. The van der Waals surface area contributed by atoms with Gasteiger partial charge in [-0.1, -0.05) is 26.7 Å². The average Bonchev–Trinajstić information content (AvgIpc) is 2.68. The summed E-state index contributed by atoms with van der Waals surface area (Å²) in [4.78, 5) is 0. The summed E-state index contributed by atoms with van der Waals surface area (Å²) in [5, 5.41) is 0. The van der Waals surface area contributed by atoms with E-state index >= 15 is 0 Å². The Morgan fingerprint density at radius 2 is 1.29 bits per heavy atom. The lowest BCUT2D eigenvalue weighted by Gasteiger charge is -2.27. The van der Waals surface area contributed by atoms with Crippen LogP contribution in [0.3, 0.4) is 0 Å². The van der Waals surface area contributed by atoms with Crippen LogP contribution in [0.15, 0.2) is 0 Å². The molecule has 3 aliphatic carbocycles. The molecule has 0 heteroatoms. The summed E-state index contributed by atoms with van der Waals surface area (Å²) in [5.41, 5.74) is 0. The maximum atomic E-state index is 2.45. The van der Waals surface area contributed by atoms with Crippen molar-refractivity contribution in [2.45, 2.75) is 52.4 Å². The first-order valence-electron chi connectivity index (χ1n) is 6.75. The molecule has 0 N–H and O–H groups in total. The van der Waals surface area contributed by atoms with Crippen LogP contribution >= 0.6 is 0 Å². The molecule has 0 aromatic heterocycles. The molecule has 3 saturated carbocycles. The Kier molecular flexibility index (Phi) is 2.15. The van der Waals surface area contributed by atoms with E-state index in [1.54, 1.807) is 25.7 Å². The van der Waals surface area contributed by atoms with Gasteiger partial charge in [0.05, 0.1) is 0 Å². The first kappa shape index (κ1) is 9.24. The quantitative estimate of drug-likeness (QED) is 0.586. The van der Waals surface area contributed by atoms with Gasteiger partial charge in [0.2, 0.25) is 0 Å². The van der Waals surface area contributed by atoms with Gasteiger partial charge in [0.15, 0.2) is 0 Å². The smallest absolute Gasteiger partial charge is 0.0323 e. The number of hydrogen-bond donors (Lipinski definition) is 0. The van der Waals surface area contributed by atoms with Crippen molar-refractivity contribution in [3.05, 3.63) is 0 Å². The van der Waals surface area contributed by atoms with Gasteiger partial charge in [-0.15, -0.1) is 0 Å². The molecule has 0 amide bonds.